The average Bonchev–Trinajstić information content (AvgIpc) is 4.16. The molecule has 2 atom stereocenters. The van der Waals surface area contributed by atoms with Gasteiger partial charge in [-0.15, -0.1) is 45.3 Å². The number of thiophene rings is 4. The Morgan fingerprint density at radius 1 is 0.391 bits per heavy atom. The number of carbonyl (C=O) groups excluding carboxylic acids is 2. The molecular weight excluding hydrogens is 1060 g/mol. The Bertz CT molecular complexity index is 2470. The lowest BCUT2D eigenvalue weighted by Gasteiger charge is -2.27. The summed E-state index contributed by atoms with van der Waals surface area (Å²) in [5, 5.41) is 2.02. The van der Waals surface area contributed by atoms with E-state index >= 15 is 9.59 Å². The smallest absolute Gasteiger partial charge is 0.260 e. The van der Waals surface area contributed by atoms with Gasteiger partial charge in [-0.1, -0.05) is 188 Å². The van der Waals surface area contributed by atoms with Gasteiger partial charge < -0.3 is 9.80 Å². The van der Waals surface area contributed by atoms with E-state index in [9.17, 15) is 0 Å². The maximum absolute atomic E-state index is 15.4. The standard InChI is InChI=1S/C59H82Br2N2O2S4/c1-5-9-13-16-19-21-24-28-31-42(30-26-12-8-4)40-62-46-34-45-47(35-44(46)56(58(62)64)52-36-48-50(66-52)38-54(60)68-48)63(59(65)57(45)53-37-49-51(67-53)39-55(61)69-49)41-43(32-27-23-18-15-11-7-3)33-29-25-22-20-17-14-10-6-2/h34-39,42-43H,5-33,40-41H2,1-4H3. The monoisotopic (exact) mass is 1140 g/mol. The van der Waals surface area contributed by atoms with Crippen LogP contribution in [-0.2, 0) is 9.59 Å². The van der Waals surface area contributed by atoms with Crippen LogP contribution in [0.4, 0.5) is 11.4 Å². The fourth-order valence-electron chi connectivity index (χ4n) is 11.0. The van der Waals surface area contributed by atoms with Gasteiger partial charge in [-0.05, 0) is 106 Å². The van der Waals surface area contributed by atoms with Gasteiger partial charge in [0, 0.05) is 52.1 Å². The van der Waals surface area contributed by atoms with Gasteiger partial charge in [0.15, 0.2) is 0 Å². The van der Waals surface area contributed by atoms with Crippen molar-refractivity contribution in [1.29, 1.82) is 0 Å². The molecule has 2 amide bonds. The first-order chi connectivity index (χ1) is 33.7. The van der Waals surface area contributed by atoms with Crippen LogP contribution >= 0.6 is 77.2 Å². The Morgan fingerprint density at radius 3 is 1.01 bits per heavy atom. The molecular formula is C59H82Br2N2O2S4. The second-order valence-electron chi connectivity index (χ2n) is 20.6. The molecule has 0 spiro atoms. The molecule has 0 saturated carbocycles. The van der Waals surface area contributed by atoms with Crippen molar-refractivity contribution in [2.75, 3.05) is 22.9 Å². The highest BCUT2D eigenvalue weighted by Gasteiger charge is 2.38. The minimum Gasteiger partial charge on any atom is -0.307 e. The van der Waals surface area contributed by atoms with Crippen LogP contribution in [0.2, 0.25) is 0 Å². The summed E-state index contributed by atoms with van der Waals surface area (Å²) in [6, 6.07) is 13.5. The molecule has 0 aliphatic carbocycles. The van der Waals surface area contributed by atoms with Gasteiger partial charge in [0.1, 0.15) is 0 Å². The van der Waals surface area contributed by atoms with E-state index in [4.69, 9.17) is 0 Å². The third kappa shape index (κ3) is 14.9. The van der Waals surface area contributed by atoms with Gasteiger partial charge in [-0.2, -0.15) is 0 Å². The highest BCUT2D eigenvalue weighted by Crippen LogP contribution is 2.43. The molecule has 0 saturated heterocycles. The number of amides is 2. The molecule has 7 rings (SSSR count). The van der Waals surface area contributed by atoms with Crippen molar-refractivity contribution in [2.24, 2.45) is 11.8 Å². The second kappa shape index (κ2) is 28.6. The van der Waals surface area contributed by atoms with Gasteiger partial charge in [-0.25, -0.2) is 0 Å². The molecule has 0 radical (unpaired) electrons. The van der Waals surface area contributed by atoms with Crippen molar-refractivity contribution >= 4 is 130 Å². The third-order valence-electron chi connectivity index (χ3n) is 15.0. The lowest BCUT2D eigenvalue weighted by atomic mass is 9.93. The number of nitrogens with zero attached hydrogens (tertiary/aromatic N) is 2. The maximum Gasteiger partial charge on any atom is 0.260 e. The molecule has 10 heteroatoms. The molecule has 4 nitrogen and oxygen atoms in total. The molecule has 0 bridgehead atoms. The molecule has 5 aromatic rings. The Labute approximate surface area is 449 Å². The van der Waals surface area contributed by atoms with Crippen LogP contribution in [0, 0.1) is 11.8 Å². The van der Waals surface area contributed by atoms with E-state index in [0.717, 1.165) is 89.1 Å². The number of hydrogen-bond donors (Lipinski definition) is 0. The molecule has 378 valence electrons. The van der Waals surface area contributed by atoms with E-state index < -0.39 is 0 Å². The van der Waals surface area contributed by atoms with Crippen LogP contribution in [-0.4, -0.2) is 24.9 Å². The summed E-state index contributed by atoms with van der Waals surface area (Å²) in [6.45, 7) is 10.6. The van der Waals surface area contributed by atoms with Gasteiger partial charge in [0.05, 0.1) is 30.1 Å². The van der Waals surface area contributed by atoms with Crippen molar-refractivity contribution in [3.8, 4) is 0 Å². The van der Waals surface area contributed by atoms with Gasteiger partial charge in [0.2, 0.25) is 0 Å². The van der Waals surface area contributed by atoms with E-state index in [1.165, 1.54) is 179 Å². The zero-order chi connectivity index (χ0) is 48.5. The number of anilines is 2. The summed E-state index contributed by atoms with van der Waals surface area (Å²) < 4.78 is 7.10. The van der Waals surface area contributed by atoms with Crippen LogP contribution in [0.15, 0.2) is 44.0 Å². The van der Waals surface area contributed by atoms with Crippen molar-refractivity contribution in [3.63, 3.8) is 0 Å². The first-order valence-corrected chi connectivity index (χ1v) is 32.5. The predicted octanol–water partition coefficient (Wildman–Crippen LogP) is 19.5. The minimum atomic E-state index is 0.134. The van der Waals surface area contributed by atoms with Crippen LogP contribution in [0.5, 0.6) is 0 Å². The van der Waals surface area contributed by atoms with Crippen LogP contribution < -0.4 is 20.2 Å². The Kier molecular flexibility index (Phi) is 22.8. The molecule has 0 fully saturated rings. The van der Waals surface area contributed by atoms with Crippen LogP contribution in [0.25, 0.3) is 29.9 Å². The number of hydrogen-bond acceptors (Lipinski definition) is 6. The Balaban J connectivity index is 1.25. The molecule has 69 heavy (non-hydrogen) atoms. The fourth-order valence-corrected chi connectivity index (χ4v) is 17.2. The summed E-state index contributed by atoms with van der Waals surface area (Å²) in [7, 11) is 0. The molecule has 6 heterocycles. The molecule has 2 aliphatic heterocycles. The zero-order valence-electron chi connectivity index (χ0n) is 42.6. The number of benzene rings is 1. The highest BCUT2D eigenvalue weighted by molar-refractivity contribution is 9.11. The van der Waals surface area contributed by atoms with Crippen molar-refractivity contribution in [1.82, 2.24) is 0 Å². The topological polar surface area (TPSA) is 40.6 Å². The number of rotatable bonds is 35. The van der Waals surface area contributed by atoms with E-state index in [1.807, 2.05) is 0 Å². The van der Waals surface area contributed by atoms with Crippen molar-refractivity contribution in [2.45, 2.75) is 214 Å². The zero-order valence-corrected chi connectivity index (χ0v) is 49.1. The van der Waals surface area contributed by atoms with E-state index in [0.29, 0.717) is 11.8 Å². The van der Waals surface area contributed by atoms with Crippen LogP contribution in [0.1, 0.15) is 224 Å². The van der Waals surface area contributed by atoms with E-state index in [2.05, 4.69) is 106 Å². The summed E-state index contributed by atoms with van der Waals surface area (Å²) in [4.78, 5) is 37.2. The van der Waals surface area contributed by atoms with E-state index in [-0.39, 0.29) is 11.8 Å². The minimum absolute atomic E-state index is 0.134. The first kappa shape index (κ1) is 54.9. The summed E-state index contributed by atoms with van der Waals surface area (Å²) in [5.41, 5.74) is 3.64. The number of fused-ring (bicyclic) bond motifs is 4. The molecule has 1 aromatic carbocycles. The predicted molar refractivity (Wildman–Crippen MR) is 314 cm³/mol. The summed E-state index contributed by atoms with van der Waals surface area (Å²) >= 11 is 14.4. The number of unbranched alkanes of at least 4 members (excludes halogenated alkanes) is 21. The highest BCUT2D eigenvalue weighted by atomic mass is 79.9. The summed E-state index contributed by atoms with van der Waals surface area (Å²) in [6.07, 6.45) is 37.0. The normalized spacial score (nSPS) is 14.7. The molecule has 2 aliphatic rings. The maximum atomic E-state index is 15.4. The van der Waals surface area contributed by atoms with Gasteiger partial charge >= 0.3 is 0 Å². The average molecular weight is 1140 g/mol. The van der Waals surface area contributed by atoms with Gasteiger partial charge in [0.25, 0.3) is 11.8 Å². The van der Waals surface area contributed by atoms with Crippen molar-refractivity contribution in [3.05, 3.63) is 64.2 Å². The lowest BCUT2D eigenvalue weighted by Crippen LogP contribution is -2.35. The molecule has 0 N–H and O–H groups in total. The number of halogens is 2. The lowest BCUT2D eigenvalue weighted by molar-refractivity contribution is -0.114. The van der Waals surface area contributed by atoms with Crippen molar-refractivity contribution < 1.29 is 9.59 Å². The molecule has 4 aromatic heterocycles. The van der Waals surface area contributed by atoms with Gasteiger partial charge in [-0.3, -0.25) is 9.59 Å². The first-order valence-electron chi connectivity index (χ1n) is 27.7. The fraction of sp³-hybridized carbons (Fsp3) is 0.627. The second-order valence-corrected chi connectivity index (χ2v) is 27.7. The summed E-state index contributed by atoms with van der Waals surface area (Å²) in [5.74, 6) is 1.15. The Hall–Kier alpha value is -1.82. The van der Waals surface area contributed by atoms with Crippen LogP contribution in [0.3, 0.4) is 0 Å². The quantitative estimate of drug-likeness (QED) is 0.0379. The van der Waals surface area contributed by atoms with E-state index in [1.54, 1.807) is 45.3 Å². The molecule has 2 unspecified atom stereocenters. The third-order valence-corrected chi connectivity index (χ3v) is 20.6. The Morgan fingerprint density at radius 2 is 0.681 bits per heavy atom. The largest absolute Gasteiger partial charge is 0.307 e. The number of carbonyl (C=O) groups is 2. The SMILES string of the molecule is CCCCCCCCCCC(CCCCC)CN1C(=O)C(c2cc3sc(Br)cc3s2)=c2cc3c(cc21)=C(c1cc2sc(Br)cc2s1)C(=O)N3CC(CCCCCCCC)CCCCCCCCCC.